The van der Waals surface area contributed by atoms with E-state index in [0.717, 1.165) is 18.5 Å². The molecule has 0 nitrogen and oxygen atoms in total. The molecule has 0 spiro atoms. The van der Waals surface area contributed by atoms with Gasteiger partial charge in [-0.05, 0) is 24.1 Å². The smallest absolute Gasteiger partial charge is 0.146 e. The van der Waals surface area contributed by atoms with E-state index in [1.165, 1.54) is 0 Å². The number of hydrogen-bond acceptors (Lipinski definition) is 0. The average Bonchev–Trinajstić information content (AvgIpc) is 2.07. The number of rotatable bonds is 1. The van der Waals surface area contributed by atoms with Gasteiger partial charge in [-0.25, -0.2) is 0 Å². The zero-order chi connectivity index (χ0) is 8.70. The van der Waals surface area contributed by atoms with Gasteiger partial charge in [0.05, 0.1) is 0 Å². The molecule has 0 N–H and O–H groups in total. The van der Waals surface area contributed by atoms with Crippen LogP contribution in [0.15, 0.2) is 0 Å². The Morgan fingerprint density at radius 1 is 1.18 bits per heavy atom. The van der Waals surface area contributed by atoms with Crippen molar-refractivity contribution in [3.63, 3.8) is 0 Å². The van der Waals surface area contributed by atoms with Gasteiger partial charge in [-0.3, -0.25) is 0 Å². The minimum atomic E-state index is -2.53. The van der Waals surface area contributed by atoms with Gasteiger partial charge < -0.3 is 0 Å². The Labute approximate surface area is 91.6 Å². The van der Waals surface area contributed by atoms with E-state index in [-0.39, 0.29) is 5.54 Å². The summed E-state index contributed by atoms with van der Waals surface area (Å²) >= 11 is 29.6. The first-order valence-corrected chi connectivity index (χ1v) is 12.8. The summed E-state index contributed by atoms with van der Waals surface area (Å²) in [5, 5.41) is 0. The molecule has 1 aliphatic heterocycles. The second-order valence-electron chi connectivity index (χ2n) is 2.84. The third kappa shape index (κ3) is 3.26. The zero-order valence-corrected chi connectivity index (χ0v) is 11.4. The van der Waals surface area contributed by atoms with E-state index in [1.54, 1.807) is 0 Å². The molecule has 0 amide bonds. The highest BCUT2D eigenvalue weighted by Crippen LogP contribution is 2.52. The van der Waals surface area contributed by atoms with E-state index >= 15 is 0 Å². The maximum absolute atomic E-state index is 6.02. The van der Waals surface area contributed by atoms with Gasteiger partial charge in [0, 0.05) is 0 Å². The van der Waals surface area contributed by atoms with Gasteiger partial charge in [0.1, 0.15) is 0 Å². The largest absolute Gasteiger partial charge is 0.344 e. The van der Waals surface area contributed by atoms with Crippen LogP contribution >= 0.6 is 55.4 Å². The van der Waals surface area contributed by atoms with Crippen molar-refractivity contribution in [2.24, 2.45) is 0 Å². The third-order valence-electron chi connectivity index (χ3n) is 1.87. The molecule has 1 heterocycles. The molecule has 1 aliphatic rings. The van der Waals surface area contributed by atoms with Gasteiger partial charge in [0.2, 0.25) is 0 Å². The fourth-order valence-electron chi connectivity index (χ4n) is 1.23. The van der Waals surface area contributed by atoms with Crippen molar-refractivity contribution in [3.8, 4) is 0 Å². The predicted octanol–water partition coefficient (Wildman–Crippen LogP) is 4.34. The molecule has 11 heavy (non-hydrogen) atoms. The molecule has 0 radical (unpaired) electrons. The molecular weight excluding hydrogens is 281 g/mol. The summed E-state index contributed by atoms with van der Waals surface area (Å²) in [5.74, 6) is 0. The average molecular weight is 289 g/mol. The van der Waals surface area contributed by atoms with E-state index in [2.05, 4.69) is 0 Å². The highest BCUT2D eigenvalue weighted by molar-refractivity contribution is 7.65. The summed E-state index contributed by atoms with van der Waals surface area (Å²) in [6.45, 7) is -1.99. The van der Waals surface area contributed by atoms with E-state index < -0.39 is 12.7 Å². The zero-order valence-electron chi connectivity index (χ0n) is 5.59. The molecule has 1 saturated heterocycles. The van der Waals surface area contributed by atoms with Crippen molar-refractivity contribution in [2.75, 3.05) is 0 Å². The second-order valence-corrected chi connectivity index (χ2v) is 19.4. The monoisotopic (exact) mass is 286 g/mol. The van der Waals surface area contributed by atoms with Crippen LogP contribution in [0.5, 0.6) is 0 Å². The molecule has 1 atom stereocenters. The molecule has 1 unspecified atom stereocenters. The standard InChI is InChI=1S/C4H7Cl5Si2/c5-10(6)2-1-4(3-10)11(7,8)9/h4H,1-3H2. The lowest BCUT2D eigenvalue weighted by molar-refractivity contribution is 0.917. The van der Waals surface area contributed by atoms with Crippen molar-refractivity contribution >= 4 is 68.1 Å². The fraction of sp³-hybridized carbons (Fsp3) is 1.00. The second kappa shape index (κ2) is 3.56. The van der Waals surface area contributed by atoms with Crippen LogP contribution in [0.2, 0.25) is 17.6 Å². The van der Waals surface area contributed by atoms with Gasteiger partial charge in [-0.1, -0.05) is 0 Å². The quantitative estimate of drug-likeness (QED) is 0.497. The maximum atomic E-state index is 6.02. The Bertz CT molecular complexity index is 153. The van der Waals surface area contributed by atoms with Gasteiger partial charge in [-0.2, -0.15) is 0 Å². The third-order valence-corrected chi connectivity index (χ3v) is 10.6. The summed E-state index contributed by atoms with van der Waals surface area (Å²) in [6, 6.07) is -0.891. The van der Waals surface area contributed by atoms with Crippen LogP contribution in [0.3, 0.4) is 0 Å². The Morgan fingerprint density at radius 2 is 1.73 bits per heavy atom. The van der Waals surface area contributed by atoms with Crippen molar-refractivity contribution in [3.05, 3.63) is 0 Å². The first-order valence-electron chi connectivity index (χ1n) is 3.26. The highest BCUT2D eigenvalue weighted by atomic mass is 35.8. The van der Waals surface area contributed by atoms with Crippen LogP contribution in [0.4, 0.5) is 0 Å². The van der Waals surface area contributed by atoms with Crippen molar-refractivity contribution < 1.29 is 0 Å². The minimum absolute atomic E-state index is 0.189. The Morgan fingerprint density at radius 3 is 1.91 bits per heavy atom. The lowest BCUT2D eigenvalue weighted by Gasteiger charge is -2.16. The van der Waals surface area contributed by atoms with E-state index in [1.807, 2.05) is 0 Å². The number of hydrogen-bond donors (Lipinski definition) is 0. The summed E-state index contributed by atoms with van der Waals surface area (Å²) < 4.78 is 0. The van der Waals surface area contributed by atoms with E-state index in [4.69, 9.17) is 55.4 Å². The van der Waals surface area contributed by atoms with Gasteiger partial charge in [0.25, 0.3) is 6.69 Å². The van der Waals surface area contributed by atoms with Crippen LogP contribution in [0.1, 0.15) is 6.42 Å². The molecule has 0 saturated carbocycles. The molecule has 0 aliphatic carbocycles. The first-order chi connectivity index (χ1) is 4.81. The minimum Gasteiger partial charge on any atom is -0.146 e. The van der Waals surface area contributed by atoms with Crippen LogP contribution in [0.25, 0.3) is 0 Å². The van der Waals surface area contributed by atoms with E-state index in [9.17, 15) is 0 Å². The van der Waals surface area contributed by atoms with Crippen LogP contribution in [-0.4, -0.2) is 12.7 Å². The lowest BCUT2D eigenvalue weighted by atomic mass is 10.4. The Balaban J connectivity index is 2.55. The first kappa shape index (κ1) is 11.0. The Kier molecular flexibility index (Phi) is 3.55. The normalized spacial score (nSPS) is 30.8. The van der Waals surface area contributed by atoms with Crippen LogP contribution in [0, 0.1) is 0 Å². The molecule has 7 heteroatoms. The summed E-state index contributed by atoms with van der Waals surface area (Å²) in [7, 11) is 0. The predicted molar refractivity (Wildman–Crippen MR) is 58.8 cm³/mol. The Hall–Kier alpha value is 1.88. The maximum Gasteiger partial charge on any atom is 0.344 e. The van der Waals surface area contributed by atoms with Crippen LogP contribution < -0.4 is 0 Å². The fourth-order valence-corrected chi connectivity index (χ4v) is 11.5. The molecule has 0 aromatic heterocycles. The van der Waals surface area contributed by atoms with Gasteiger partial charge in [-0.15, -0.1) is 55.4 Å². The lowest BCUT2D eigenvalue weighted by Crippen LogP contribution is -2.20. The molecule has 0 aromatic rings. The van der Waals surface area contributed by atoms with Crippen molar-refractivity contribution in [1.29, 1.82) is 0 Å². The van der Waals surface area contributed by atoms with Crippen molar-refractivity contribution in [1.82, 2.24) is 0 Å². The topological polar surface area (TPSA) is 0 Å². The molecular formula is C4H7Cl5Si2. The molecule has 1 fully saturated rings. The molecule has 1 rings (SSSR count). The van der Waals surface area contributed by atoms with Gasteiger partial charge >= 0.3 is 6.00 Å². The molecule has 0 aromatic carbocycles. The van der Waals surface area contributed by atoms with Crippen LogP contribution in [-0.2, 0) is 0 Å². The summed E-state index contributed by atoms with van der Waals surface area (Å²) in [6.07, 6.45) is 0.905. The summed E-state index contributed by atoms with van der Waals surface area (Å²) in [5.41, 5.74) is 0.189. The number of halogens is 5. The highest BCUT2D eigenvalue weighted by Gasteiger charge is 2.48. The van der Waals surface area contributed by atoms with Crippen molar-refractivity contribution in [2.45, 2.75) is 24.1 Å². The molecule has 0 bridgehead atoms. The molecule has 66 valence electrons. The van der Waals surface area contributed by atoms with E-state index in [0.29, 0.717) is 0 Å². The SMILES string of the molecule is Cl[Si]1(Cl)CCC([Si](Cl)(Cl)Cl)C1. The summed E-state index contributed by atoms with van der Waals surface area (Å²) in [4.78, 5) is 0. The van der Waals surface area contributed by atoms with Gasteiger partial charge in [0.15, 0.2) is 0 Å².